The topological polar surface area (TPSA) is 91.1 Å². The zero-order valence-corrected chi connectivity index (χ0v) is 14.4. The Morgan fingerprint density at radius 2 is 1.72 bits per heavy atom. The molecule has 130 valence electrons. The van der Waals surface area contributed by atoms with Gasteiger partial charge in [-0.25, -0.2) is 0 Å². The fraction of sp³-hybridized carbons (Fsp3) is 0.316. The molecule has 2 aromatic rings. The quantitative estimate of drug-likeness (QED) is 0.797. The highest BCUT2D eigenvalue weighted by molar-refractivity contribution is 6.08. The summed E-state index contributed by atoms with van der Waals surface area (Å²) >= 11 is 0. The van der Waals surface area contributed by atoms with Gasteiger partial charge >= 0.3 is 0 Å². The second-order valence-corrected chi connectivity index (χ2v) is 6.19. The van der Waals surface area contributed by atoms with Crippen molar-refractivity contribution >= 4 is 29.0 Å². The van der Waals surface area contributed by atoms with E-state index in [4.69, 9.17) is 0 Å². The summed E-state index contributed by atoms with van der Waals surface area (Å²) in [5.74, 6) is -0.232. The zero-order valence-electron chi connectivity index (χ0n) is 14.4. The number of aryl methyl sites for hydroxylation is 1. The smallest absolute Gasteiger partial charge is 0.272 e. The first-order chi connectivity index (χ1) is 12.0. The van der Waals surface area contributed by atoms with Crippen LogP contribution in [0.5, 0.6) is 0 Å². The van der Waals surface area contributed by atoms with E-state index in [1.54, 1.807) is 38.1 Å². The lowest BCUT2D eigenvalue weighted by molar-refractivity contribution is -0.115. The summed E-state index contributed by atoms with van der Waals surface area (Å²) in [5.41, 5.74) is 3.98. The largest absolute Gasteiger partial charge is 0.354 e. The Kier molecular flexibility index (Phi) is 4.70. The number of benzene rings is 1. The Balaban J connectivity index is 1.75. The van der Waals surface area contributed by atoms with Gasteiger partial charge in [0.05, 0.1) is 0 Å². The number of fused-ring (bicyclic) bond motifs is 1. The van der Waals surface area contributed by atoms with E-state index in [1.807, 2.05) is 0 Å². The molecule has 3 rings (SSSR count). The van der Waals surface area contributed by atoms with E-state index < -0.39 is 0 Å². The van der Waals surface area contributed by atoms with Crippen LogP contribution in [0.4, 0.5) is 11.4 Å². The van der Waals surface area contributed by atoms with Gasteiger partial charge in [-0.3, -0.25) is 14.4 Å². The molecule has 0 atom stereocenters. The average molecular weight is 339 g/mol. The molecular formula is C19H21N3O3. The van der Waals surface area contributed by atoms with Crippen molar-refractivity contribution in [3.63, 3.8) is 0 Å². The van der Waals surface area contributed by atoms with E-state index in [2.05, 4.69) is 15.6 Å². The van der Waals surface area contributed by atoms with Gasteiger partial charge in [-0.05, 0) is 49.6 Å². The predicted molar refractivity (Wildman–Crippen MR) is 96.1 cm³/mol. The average Bonchev–Trinajstić information content (AvgIpc) is 2.95. The monoisotopic (exact) mass is 339 g/mol. The number of carbonyl (C=O) groups is 3. The van der Waals surface area contributed by atoms with Crippen molar-refractivity contribution in [3.05, 3.63) is 46.8 Å². The maximum Gasteiger partial charge on any atom is 0.272 e. The van der Waals surface area contributed by atoms with Gasteiger partial charge in [-0.1, -0.05) is 6.92 Å². The van der Waals surface area contributed by atoms with Gasteiger partial charge < -0.3 is 15.6 Å². The first-order valence-corrected chi connectivity index (χ1v) is 8.45. The molecule has 0 unspecified atom stereocenters. The molecule has 1 aromatic carbocycles. The molecule has 1 aliphatic carbocycles. The molecular weight excluding hydrogens is 318 g/mol. The summed E-state index contributed by atoms with van der Waals surface area (Å²) in [4.78, 5) is 39.1. The fourth-order valence-corrected chi connectivity index (χ4v) is 3.08. The minimum atomic E-state index is -0.273. The van der Waals surface area contributed by atoms with E-state index >= 15 is 0 Å². The van der Waals surface area contributed by atoms with Crippen molar-refractivity contribution in [2.24, 2.45) is 0 Å². The molecule has 0 spiro atoms. The number of rotatable bonds is 4. The molecule has 1 aliphatic rings. The highest BCUT2D eigenvalue weighted by Crippen LogP contribution is 2.27. The molecule has 1 aromatic heterocycles. The zero-order chi connectivity index (χ0) is 18.0. The van der Waals surface area contributed by atoms with Crippen LogP contribution in [0.25, 0.3) is 0 Å². The Labute approximate surface area is 146 Å². The fourth-order valence-electron chi connectivity index (χ4n) is 3.08. The van der Waals surface area contributed by atoms with Gasteiger partial charge in [0.2, 0.25) is 5.91 Å². The highest BCUT2D eigenvalue weighted by atomic mass is 16.2. The summed E-state index contributed by atoms with van der Waals surface area (Å²) in [7, 11) is 0. The van der Waals surface area contributed by atoms with Crippen molar-refractivity contribution in [3.8, 4) is 0 Å². The standard InChI is InChI=1S/C19H21N3O3/c1-3-16(24)20-12-7-9-13(10-8-12)21-19(25)18-11(2)17-14(22-18)5-4-6-15(17)23/h7-10,22H,3-6H2,1-2H3,(H,20,24)(H,21,25). The highest BCUT2D eigenvalue weighted by Gasteiger charge is 2.26. The SMILES string of the molecule is CCC(=O)Nc1ccc(NC(=O)c2[nH]c3c(c2C)C(=O)CCC3)cc1. The number of nitrogens with one attached hydrogen (secondary N) is 3. The van der Waals surface area contributed by atoms with Gasteiger partial charge in [0.25, 0.3) is 5.91 Å². The molecule has 6 nitrogen and oxygen atoms in total. The van der Waals surface area contributed by atoms with Crippen LogP contribution in [0.3, 0.4) is 0 Å². The van der Waals surface area contributed by atoms with Crippen LogP contribution in [0.1, 0.15) is 58.3 Å². The Morgan fingerprint density at radius 3 is 2.32 bits per heavy atom. The van der Waals surface area contributed by atoms with Crippen LogP contribution in [-0.2, 0) is 11.2 Å². The number of carbonyl (C=O) groups excluding carboxylic acids is 3. The lowest BCUT2D eigenvalue weighted by Crippen LogP contribution is -2.14. The molecule has 1 heterocycles. The summed E-state index contributed by atoms with van der Waals surface area (Å²) in [6, 6.07) is 6.93. The number of hydrogen-bond acceptors (Lipinski definition) is 3. The molecule has 25 heavy (non-hydrogen) atoms. The number of H-pyrrole nitrogens is 1. The first-order valence-electron chi connectivity index (χ1n) is 8.45. The lowest BCUT2D eigenvalue weighted by Gasteiger charge is -2.09. The number of Topliss-reactive ketones (excluding diaryl/α,β-unsaturated/α-hetero) is 1. The molecule has 0 saturated heterocycles. The van der Waals surface area contributed by atoms with Crippen molar-refractivity contribution in [2.45, 2.75) is 39.5 Å². The van der Waals surface area contributed by atoms with E-state index in [0.29, 0.717) is 41.0 Å². The van der Waals surface area contributed by atoms with Crippen LogP contribution in [0.2, 0.25) is 0 Å². The van der Waals surface area contributed by atoms with E-state index in [-0.39, 0.29) is 17.6 Å². The van der Waals surface area contributed by atoms with E-state index in [1.165, 1.54) is 0 Å². The van der Waals surface area contributed by atoms with Crippen LogP contribution in [-0.4, -0.2) is 22.6 Å². The minimum absolute atomic E-state index is 0.0611. The van der Waals surface area contributed by atoms with Gasteiger partial charge in [0.15, 0.2) is 5.78 Å². The maximum absolute atomic E-state index is 12.5. The minimum Gasteiger partial charge on any atom is -0.354 e. The van der Waals surface area contributed by atoms with Crippen molar-refractivity contribution < 1.29 is 14.4 Å². The Morgan fingerprint density at radius 1 is 1.08 bits per heavy atom. The summed E-state index contributed by atoms with van der Waals surface area (Å²) in [5, 5.41) is 5.58. The van der Waals surface area contributed by atoms with E-state index in [9.17, 15) is 14.4 Å². The van der Waals surface area contributed by atoms with Gasteiger partial charge in [0, 0.05) is 35.5 Å². The number of anilines is 2. The van der Waals surface area contributed by atoms with Crippen LogP contribution in [0, 0.1) is 6.92 Å². The molecule has 0 fully saturated rings. The van der Waals surface area contributed by atoms with Gasteiger partial charge in [-0.2, -0.15) is 0 Å². The molecule has 0 aliphatic heterocycles. The molecule has 0 saturated carbocycles. The van der Waals surface area contributed by atoms with Crippen LogP contribution < -0.4 is 10.6 Å². The first kappa shape index (κ1) is 17.0. The molecule has 0 radical (unpaired) electrons. The normalized spacial score (nSPS) is 13.3. The second-order valence-electron chi connectivity index (χ2n) is 6.19. The number of aromatic nitrogens is 1. The van der Waals surface area contributed by atoms with Crippen molar-refractivity contribution in [1.29, 1.82) is 0 Å². The molecule has 3 N–H and O–H groups in total. The summed E-state index contributed by atoms with van der Waals surface area (Å²) in [6.07, 6.45) is 2.56. The van der Waals surface area contributed by atoms with Crippen LogP contribution in [0.15, 0.2) is 24.3 Å². The molecule has 2 amide bonds. The molecule has 0 bridgehead atoms. The maximum atomic E-state index is 12.5. The Hall–Kier alpha value is -2.89. The third-order valence-corrected chi connectivity index (χ3v) is 4.41. The second kappa shape index (κ2) is 6.93. The predicted octanol–water partition coefficient (Wildman–Crippen LogP) is 3.44. The number of hydrogen-bond donors (Lipinski definition) is 3. The number of aromatic amines is 1. The van der Waals surface area contributed by atoms with Crippen LogP contribution >= 0.6 is 0 Å². The number of amides is 2. The summed E-state index contributed by atoms with van der Waals surface area (Å²) < 4.78 is 0. The third-order valence-electron chi connectivity index (χ3n) is 4.41. The Bertz CT molecular complexity index is 834. The van der Waals surface area contributed by atoms with Gasteiger partial charge in [0.1, 0.15) is 5.69 Å². The summed E-state index contributed by atoms with van der Waals surface area (Å²) in [6.45, 7) is 3.59. The van der Waals surface area contributed by atoms with Gasteiger partial charge in [-0.15, -0.1) is 0 Å². The number of ketones is 1. The van der Waals surface area contributed by atoms with Crippen molar-refractivity contribution in [2.75, 3.05) is 10.6 Å². The lowest BCUT2D eigenvalue weighted by atomic mass is 9.94. The third kappa shape index (κ3) is 3.47. The van der Waals surface area contributed by atoms with E-state index in [0.717, 1.165) is 18.5 Å². The molecule has 6 heteroatoms. The van der Waals surface area contributed by atoms with Crippen molar-refractivity contribution in [1.82, 2.24) is 4.98 Å².